The Hall–Kier alpha value is -2.27. The van der Waals surface area contributed by atoms with E-state index in [0.29, 0.717) is 11.4 Å². The van der Waals surface area contributed by atoms with Crippen LogP contribution in [-0.2, 0) is 16.5 Å². The first-order valence-electron chi connectivity index (χ1n) is 4.97. The van der Waals surface area contributed by atoms with Gasteiger partial charge in [-0.3, -0.25) is 9.97 Å². The van der Waals surface area contributed by atoms with Crippen LogP contribution in [0.4, 0.5) is 0 Å². The van der Waals surface area contributed by atoms with Crippen LogP contribution in [0.5, 0.6) is 0 Å². The molecule has 2 N–H and O–H groups in total. The summed E-state index contributed by atoms with van der Waals surface area (Å²) in [5.41, 5.74) is 0.779. The van der Waals surface area contributed by atoms with Crippen molar-refractivity contribution in [2.24, 2.45) is 0 Å². The van der Waals surface area contributed by atoms with Gasteiger partial charge in [0.15, 0.2) is 0 Å². The molecule has 0 radical (unpaired) electrons. The van der Waals surface area contributed by atoms with Crippen molar-refractivity contribution in [3.05, 3.63) is 47.8 Å². The number of nitrogens with zero attached hydrogens (tertiary/aromatic N) is 2. The second-order valence-corrected chi connectivity index (χ2v) is 3.47. The predicted octanol–water partition coefficient (Wildman–Crippen LogP) is 1.54. The maximum Gasteiger partial charge on any atom is 0.335 e. The summed E-state index contributed by atoms with van der Waals surface area (Å²) in [4.78, 5) is 29.6. The largest absolute Gasteiger partial charge is 0.478 e. The minimum atomic E-state index is -1.08. The van der Waals surface area contributed by atoms with E-state index in [2.05, 4.69) is 9.97 Å². The molecule has 0 aliphatic heterocycles. The third kappa shape index (κ3) is 3.36. The average molecular weight is 303 g/mol. The Morgan fingerprint density at radius 3 is 1.53 bits per heavy atom. The predicted molar refractivity (Wildman–Crippen MR) is 61.4 cm³/mol. The minimum Gasteiger partial charge on any atom is -0.478 e. The van der Waals surface area contributed by atoms with E-state index in [1.54, 1.807) is 0 Å². The van der Waals surface area contributed by atoms with Gasteiger partial charge in [0.25, 0.3) is 0 Å². The van der Waals surface area contributed by atoms with Crippen LogP contribution in [-0.4, -0.2) is 32.1 Å². The monoisotopic (exact) mass is 302 g/mol. The molecular weight excluding hydrogens is 295 g/mol. The number of rotatable bonds is 3. The molecule has 0 unspecified atom stereocenters. The Kier molecular flexibility index (Phi) is 4.72. The molecule has 19 heavy (non-hydrogen) atoms. The average Bonchev–Trinajstić information content (AvgIpc) is 2.39. The van der Waals surface area contributed by atoms with E-state index in [4.69, 9.17) is 10.2 Å². The molecule has 0 bridgehead atoms. The minimum absolute atomic E-state index is 0. The number of pyridine rings is 2. The van der Waals surface area contributed by atoms with Crippen molar-refractivity contribution in [1.29, 1.82) is 0 Å². The van der Waals surface area contributed by atoms with Crippen LogP contribution >= 0.6 is 0 Å². The third-order valence-electron chi connectivity index (χ3n) is 2.28. The Bertz CT molecular complexity index is 575. The summed E-state index contributed by atoms with van der Waals surface area (Å²) in [7, 11) is 0. The van der Waals surface area contributed by atoms with Gasteiger partial charge < -0.3 is 10.2 Å². The van der Waals surface area contributed by atoms with E-state index in [1.165, 1.54) is 36.7 Å². The Morgan fingerprint density at radius 1 is 0.842 bits per heavy atom. The first kappa shape index (κ1) is 14.8. The molecule has 0 fully saturated rings. The van der Waals surface area contributed by atoms with Crippen molar-refractivity contribution >= 4 is 11.9 Å². The molecule has 2 heterocycles. The van der Waals surface area contributed by atoms with Gasteiger partial charge in [0.1, 0.15) is 0 Å². The topological polar surface area (TPSA) is 100 Å². The van der Waals surface area contributed by atoms with Gasteiger partial charge in [0, 0.05) is 28.9 Å². The second-order valence-electron chi connectivity index (χ2n) is 3.47. The summed E-state index contributed by atoms with van der Waals surface area (Å²) < 4.78 is 0. The number of carboxylic acid groups (broad SMARTS) is 2. The summed E-state index contributed by atoms with van der Waals surface area (Å²) in [6.45, 7) is 0. The molecule has 0 atom stereocenters. The zero-order chi connectivity index (χ0) is 13.1. The van der Waals surface area contributed by atoms with Gasteiger partial charge >= 0.3 is 11.9 Å². The fourth-order valence-corrected chi connectivity index (χ4v) is 1.41. The standard InChI is InChI=1S/C12H8N2O4.Ni/c15-11(16)7-1-3-13-9(5-7)10-6-8(12(17)18)2-4-14-10;/h1-6H,(H,15,16)(H,17,18);. The summed E-state index contributed by atoms with van der Waals surface area (Å²) in [5, 5.41) is 17.7. The van der Waals surface area contributed by atoms with Crippen LogP contribution in [0.15, 0.2) is 36.7 Å². The summed E-state index contributed by atoms with van der Waals surface area (Å²) in [6, 6.07) is 5.40. The maximum atomic E-state index is 10.8. The first-order valence-corrected chi connectivity index (χ1v) is 4.97. The van der Waals surface area contributed by atoms with Gasteiger partial charge in [-0.05, 0) is 24.3 Å². The smallest absolute Gasteiger partial charge is 0.335 e. The quantitative estimate of drug-likeness (QED) is 0.834. The molecule has 100 valence electrons. The molecule has 2 aromatic rings. The SMILES string of the molecule is O=C(O)c1ccnc(-c2cc(C(=O)O)ccn2)c1.[Ni]. The number of carboxylic acids is 2. The van der Waals surface area contributed by atoms with Gasteiger partial charge in [-0.2, -0.15) is 0 Å². The van der Waals surface area contributed by atoms with E-state index in [-0.39, 0.29) is 27.6 Å². The summed E-state index contributed by atoms with van der Waals surface area (Å²) >= 11 is 0. The molecule has 0 spiro atoms. The van der Waals surface area contributed by atoms with Crippen molar-refractivity contribution in [3.8, 4) is 11.4 Å². The molecule has 0 amide bonds. The molecule has 0 aliphatic carbocycles. The summed E-state index contributed by atoms with van der Waals surface area (Å²) in [6.07, 6.45) is 2.68. The van der Waals surface area contributed by atoms with Crippen LogP contribution in [0.2, 0.25) is 0 Å². The van der Waals surface area contributed by atoms with Gasteiger partial charge in [0.05, 0.1) is 22.5 Å². The Labute approximate surface area is 118 Å². The van der Waals surface area contributed by atoms with E-state index < -0.39 is 11.9 Å². The number of carbonyl (C=O) groups is 2. The van der Waals surface area contributed by atoms with Crippen molar-refractivity contribution in [1.82, 2.24) is 9.97 Å². The molecule has 0 aliphatic rings. The van der Waals surface area contributed by atoms with Crippen molar-refractivity contribution < 1.29 is 36.3 Å². The van der Waals surface area contributed by atoms with E-state index in [1.807, 2.05) is 0 Å². The number of aromatic nitrogens is 2. The van der Waals surface area contributed by atoms with Gasteiger partial charge in [0.2, 0.25) is 0 Å². The van der Waals surface area contributed by atoms with E-state index in [9.17, 15) is 9.59 Å². The van der Waals surface area contributed by atoms with Crippen LogP contribution < -0.4 is 0 Å². The molecule has 0 aromatic carbocycles. The molecule has 2 rings (SSSR count). The van der Waals surface area contributed by atoms with Crippen molar-refractivity contribution in [2.45, 2.75) is 0 Å². The molecule has 2 aromatic heterocycles. The summed E-state index contributed by atoms with van der Waals surface area (Å²) in [5.74, 6) is -2.15. The zero-order valence-corrected chi connectivity index (χ0v) is 10.4. The molecule has 0 saturated carbocycles. The van der Waals surface area contributed by atoms with Crippen LogP contribution in [0, 0.1) is 0 Å². The molecule has 0 saturated heterocycles. The normalized spacial score (nSPS) is 9.47. The molecule has 7 heteroatoms. The van der Waals surface area contributed by atoms with Crippen LogP contribution in [0.3, 0.4) is 0 Å². The third-order valence-corrected chi connectivity index (χ3v) is 2.28. The first-order chi connectivity index (χ1) is 8.58. The number of hydrogen-bond donors (Lipinski definition) is 2. The van der Waals surface area contributed by atoms with Gasteiger partial charge in [-0.25, -0.2) is 9.59 Å². The van der Waals surface area contributed by atoms with Crippen molar-refractivity contribution in [3.63, 3.8) is 0 Å². The fraction of sp³-hybridized carbons (Fsp3) is 0. The second kappa shape index (κ2) is 6.06. The van der Waals surface area contributed by atoms with Crippen LogP contribution in [0.1, 0.15) is 20.7 Å². The number of aromatic carboxylic acids is 2. The van der Waals surface area contributed by atoms with E-state index >= 15 is 0 Å². The molecule has 6 nitrogen and oxygen atoms in total. The van der Waals surface area contributed by atoms with Gasteiger partial charge in [-0.1, -0.05) is 0 Å². The maximum absolute atomic E-state index is 10.8. The van der Waals surface area contributed by atoms with Crippen LogP contribution in [0.25, 0.3) is 11.4 Å². The van der Waals surface area contributed by atoms with Gasteiger partial charge in [-0.15, -0.1) is 0 Å². The Balaban J connectivity index is 0.00000180. The van der Waals surface area contributed by atoms with Crippen molar-refractivity contribution in [2.75, 3.05) is 0 Å². The fourth-order valence-electron chi connectivity index (χ4n) is 1.41. The van der Waals surface area contributed by atoms with E-state index in [0.717, 1.165) is 0 Å². The Morgan fingerprint density at radius 2 is 1.21 bits per heavy atom. The molecular formula is C12H8N2NiO4. The number of hydrogen-bond acceptors (Lipinski definition) is 4. The zero-order valence-electron chi connectivity index (χ0n) is 9.39.